The van der Waals surface area contributed by atoms with Crippen LogP contribution >= 0.6 is 0 Å². The quantitative estimate of drug-likeness (QED) is 0.341. The number of phenolic OH excluding ortho intramolecular Hbond substituents is 1. The van der Waals surface area contributed by atoms with Crippen LogP contribution in [0, 0.1) is 0 Å². The van der Waals surface area contributed by atoms with Gasteiger partial charge in [-0.2, -0.15) is 8.42 Å². The summed E-state index contributed by atoms with van der Waals surface area (Å²) in [6.07, 6.45) is 0. The fraction of sp³-hybridized carbons (Fsp3) is 0. The first-order chi connectivity index (χ1) is 7.84. The number of nitrogen functional groups attached to an aromatic ring is 2. The van der Waals surface area contributed by atoms with Crippen molar-refractivity contribution in [2.75, 3.05) is 11.5 Å². The van der Waals surface area contributed by atoms with Gasteiger partial charge in [0.2, 0.25) is 0 Å². The van der Waals surface area contributed by atoms with Gasteiger partial charge in [0.05, 0.1) is 11.4 Å². The van der Waals surface area contributed by atoms with Gasteiger partial charge < -0.3 is 16.6 Å². The number of nitrogens with two attached hydrogens (primary N) is 2. The number of rotatable bonds is 1. The molecule has 0 unspecified atom stereocenters. The molecule has 0 fully saturated rings. The first kappa shape index (κ1) is 11.5. The molecule has 0 bridgehead atoms. The second-order valence-electron chi connectivity index (χ2n) is 3.53. The molecule has 0 saturated heterocycles. The molecule has 0 heterocycles. The van der Waals surface area contributed by atoms with Crippen molar-refractivity contribution < 1.29 is 18.1 Å². The molecule has 17 heavy (non-hydrogen) atoms. The summed E-state index contributed by atoms with van der Waals surface area (Å²) in [5.74, 6) is -0.733. The molecule has 0 aliphatic carbocycles. The number of aromatic hydroxyl groups is 1. The second-order valence-corrected chi connectivity index (χ2v) is 4.88. The van der Waals surface area contributed by atoms with Gasteiger partial charge in [-0.1, -0.05) is 24.3 Å². The SMILES string of the molecule is Nc1c(O)c(S(=O)(=O)O)c2ccccc2c1N. The summed E-state index contributed by atoms with van der Waals surface area (Å²) in [6, 6.07) is 6.18. The number of anilines is 2. The summed E-state index contributed by atoms with van der Waals surface area (Å²) in [4.78, 5) is -0.625. The van der Waals surface area contributed by atoms with Crippen LogP contribution in [0.25, 0.3) is 10.8 Å². The van der Waals surface area contributed by atoms with Crippen LogP contribution in [0.15, 0.2) is 29.2 Å². The van der Waals surface area contributed by atoms with Gasteiger partial charge in [-0.3, -0.25) is 4.55 Å². The van der Waals surface area contributed by atoms with Gasteiger partial charge in [0.25, 0.3) is 10.1 Å². The van der Waals surface area contributed by atoms with Gasteiger partial charge in [0.15, 0.2) is 5.75 Å². The largest absolute Gasteiger partial charge is 0.504 e. The van der Waals surface area contributed by atoms with Crippen molar-refractivity contribution in [3.63, 3.8) is 0 Å². The number of fused-ring (bicyclic) bond motifs is 1. The van der Waals surface area contributed by atoms with Crippen molar-refractivity contribution in [3.05, 3.63) is 24.3 Å². The molecule has 2 aromatic rings. The lowest BCUT2D eigenvalue weighted by atomic mass is 10.1. The van der Waals surface area contributed by atoms with Crippen LogP contribution in [0.5, 0.6) is 5.75 Å². The number of benzene rings is 2. The normalized spacial score (nSPS) is 11.8. The van der Waals surface area contributed by atoms with Crippen molar-refractivity contribution in [2.24, 2.45) is 0 Å². The van der Waals surface area contributed by atoms with Crippen LogP contribution in [0.1, 0.15) is 0 Å². The lowest BCUT2D eigenvalue weighted by Gasteiger charge is -2.12. The van der Waals surface area contributed by atoms with Gasteiger partial charge in [0, 0.05) is 10.8 Å². The van der Waals surface area contributed by atoms with Crippen molar-refractivity contribution in [3.8, 4) is 5.75 Å². The van der Waals surface area contributed by atoms with E-state index >= 15 is 0 Å². The van der Waals surface area contributed by atoms with E-state index in [0.29, 0.717) is 5.39 Å². The minimum absolute atomic E-state index is 0.0745. The molecule has 0 atom stereocenters. The molecule has 6 N–H and O–H groups in total. The van der Waals surface area contributed by atoms with Gasteiger partial charge in [-0.25, -0.2) is 0 Å². The zero-order valence-corrected chi connectivity index (χ0v) is 9.40. The van der Waals surface area contributed by atoms with E-state index in [2.05, 4.69) is 0 Å². The Morgan fingerprint density at radius 3 is 2.06 bits per heavy atom. The van der Waals surface area contributed by atoms with E-state index in [0.717, 1.165) is 0 Å². The Kier molecular flexibility index (Phi) is 2.37. The molecule has 0 aromatic heterocycles. The lowest BCUT2D eigenvalue weighted by Crippen LogP contribution is -2.05. The molecule has 0 aliphatic rings. The monoisotopic (exact) mass is 254 g/mol. The predicted octanol–water partition coefficient (Wildman–Crippen LogP) is 0.957. The molecule has 7 heteroatoms. The molecule has 2 rings (SSSR count). The van der Waals surface area contributed by atoms with E-state index in [-0.39, 0.29) is 16.8 Å². The third kappa shape index (κ3) is 1.65. The Bertz CT molecular complexity index is 710. The molecule has 0 saturated carbocycles. The van der Waals surface area contributed by atoms with E-state index in [1.165, 1.54) is 6.07 Å². The predicted molar refractivity (Wildman–Crippen MR) is 64.3 cm³/mol. The Morgan fingerprint density at radius 1 is 1.00 bits per heavy atom. The smallest absolute Gasteiger partial charge is 0.298 e. The topological polar surface area (TPSA) is 127 Å². The van der Waals surface area contributed by atoms with Crippen LogP contribution in [-0.4, -0.2) is 18.1 Å². The highest BCUT2D eigenvalue weighted by atomic mass is 32.2. The van der Waals surface area contributed by atoms with Crippen molar-refractivity contribution >= 4 is 32.3 Å². The van der Waals surface area contributed by atoms with Crippen LogP contribution < -0.4 is 11.5 Å². The minimum Gasteiger partial charge on any atom is -0.504 e. The molecular formula is C10H10N2O4S. The van der Waals surface area contributed by atoms with Crippen molar-refractivity contribution in [2.45, 2.75) is 4.90 Å². The maximum atomic E-state index is 11.2. The summed E-state index contributed by atoms with van der Waals surface area (Å²) in [5.41, 5.74) is 11.0. The highest BCUT2D eigenvalue weighted by Gasteiger charge is 2.23. The van der Waals surface area contributed by atoms with Gasteiger partial charge in [-0.15, -0.1) is 0 Å². The molecule has 0 aliphatic heterocycles. The maximum absolute atomic E-state index is 11.2. The van der Waals surface area contributed by atoms with Gasteiger partial charge in [-0.05, 0) is 0 Å². The fourth-order valence-electron chi connectivity index (χ4n) is 1.70. The summed E-state index contributed by atoms with van der Waals surface area (Å²) in [7, 11) is -4.58. The molecular weight excluding hydrogens is 244 g/mol. The second kappa shape index (κ2) is 3.51. The standard InChI is InChI=1S/C10H10N2O4S/c11-7-5-3-1-2-4-6(5)10(17(14,15)16)9(13)8(7)12/h1-4,13H,11-12H2,(H,14,15,16). The Balaban J connectivity index is 3.12. The Labute approximate surface area is 97.2 Å². The van der Waals surface area contributed by atoms with Gasteiger partial charge >= 0.3 is 0 Å². The highest BCUT2D eigenvalue weighted by molar-refractivity contribution is 7.86. The Hall–Kier alpha value is -1.99. The van der Waals surface area contributed by atoms with Crippen LogP contribution in [-0.2, 0) is 10.1 Å². The minimum atomic E-state index is -4.58. The lowest BCUT2D eigenvalue weighted by molar-refractivity contribution is 0.448. The summed E-state index contributed by atoms with van der Waals surface area (Å²) in [5, 5.41) is 10.1. The average molecular weight is 254 g/mol. The van der Waals surface area contributed by atoms with Crippen LogP contribution in [0.4, 0.5) is 11.4 Å². The first-order valence-electron chi connectivity index (χ1n) is 4.60. The average Bonchev–Trinajstić information content (AvgIpc) is 2.24. The van der Waals surface area contributed by atoms with E-state index in [1.54, 1.807) is 18.2 Å². The maximum Gasteiger partial charge on any atom is 0.298 e. The van der Waals surface area contributed by atoms with E-state index in [4.69, 9.17) is 16.0 Å². The van der Waals surface area contributed by atoms with E-state index < -0.39 is 20.8 Å². The molecule has 0 amide bonds. The first-order valence-corrected chi connectivity index (χ1v) is 6.04. The highest BCUT2D eigenvalue weighted by Crippen LogP contribution is 2.41. The van der Waals surface area contributed by atoms with Crippen molar-refractivity contribution in [1.82, 2.24) is 0 Å². The third-order valence-corrected chi connectivity index (χ3v) is 3.41. The number of hydrogen-bond acceptors (Lipinski definition) is 5. The zero-order chi connectivity index (χ0) is 12.8. The molecule has 90 valence electrons. The molecule has 6 nitrogen and oxygen atoms in total. The third-order valence-electron chi connectivity index (χ3n) is 2.48. The zero-order valence-electron chi connectivity index (χ0n) is 8.58. The summed E-state index contributed by atoms with van der Waals surface area (Å²) < 4.78 is 31.6. The van der Waals surface area contributed by atoms with Crippen LogP contribution in [0.2, 0.25) is 0 Å². The summed E-state index contributed by atoms with van der Waals surface area (Å²) >= 11 is 0. The number of hydrogen-bond donors (Lipinski definition) is 4. The molecule has 2 aromatic carbocycles. The number of phenols is 1. The fourth-order valence-corrected chi connectivity index (χ4v) is 2.51. The summed E-state index contributed by atoms with van der Waals surface area (Å²) in [6.45, 7) is 0. The molecule has 0 spiro atoms. The van der Waals surface area contributed by atoms with Crippen LogP contribution in [0.3, 0.4) is 0 Å². The molecule has 0 radical (unpaired) electrons. The van der Waals surface area contributed by atoms with E-state index in [9.17, 15) is 13.5 Å². The Morgan fingerprint density at radius 2 is 1.53 bits per heavy atom. The van der Waals surface area contributed by atoms with Gasteiger partial charge in [0.1, 0.15) is 4.90 Å². The van der Waals surface area contributed by atoms with Crippen molar-refractivity contribution in [1.29, 1.82) is 0 Å². The van der Waals surface area contributed by atoms with E-state index in [1.807, 2.05) is 0 Å².